The Hall–Kier alpha value is -2.24. The van der Waals surface area contributed by atoms with Gasteiger partial charge >= 0.3 is 0 Å². The van der Waals surface area contributed by atoms with E-state index in [-0.39, 0.29) is 18.0 Å². The van der Waals surface area contributed by atoms with Gasteiger partial charge in [-0.25, -0.2) is 9.37 Å². The highest BCUT2D eigenvalue weighted by Gasteiger charge is 2.11. The molecule has 3 rings (SSSR count). The van der Waals surface area contributed by atoms with Crippen LogP contribution in [0.2, 0.25) is 5.02 Å². The molecule has 0 aliphatic carbocycles. The third-order valence-electron chi connectivity index (χ3n) is 3.36. The molecule has 1 N–H and O–H groups in total. The largest absolute Gasteiger partial charge is 0.323 e. The molecule has 0 saturated heterocycles. The van der Waals surface area contributed by atoms with Gasteiger partial charge in [0.1, 0.15) is 10.8 Å². The van der Waals surface area contributed by atoms with Gasteiger partial charge in [-0.3, -0.25) is 4.79 Å². The van der Waals surface area contributed by atoms with Gasteiger partial charge in [0, 0.05) is 16.0 Å². The number of thiazole rings is 1. The Labute approximate surface area is 148 Å². The smallest absolute Gasteiger partial charge is 0.230 e. The van der Waals surface area contributed by atoms with Gasteiger partial charge in [0.25, 0.3) is 0 Å². The number of hydrogen-bond acceptors (Lipinski definition) is 3. The van der Waals surface area contributed by atoms with Crippen molar-refractivity contribution in [2.45, 2.75) is 13.3 Å². The van der Waals surface area contributed by atoms with Crippen LogP contribution in [0.1, 0.15) is 11.3 Å². The van der Waals surface area contributed by atoms with Crippen molar-refractivity contribution in [3.05, 3.63) is 69.9 Å². The number of aryl methyl sites for hydroxylation is 1. The zero-order valence-electron chi connectivity index (χ0n) is 12.8. The van der Waals surface area contributed by atoms with Gasteiger partial charge in [0.05, 0.1) is 17.8 Å². The number of carbonyl (C=O) groups excluding carboxylic acids is 1. The van der Waals surface area contributed by atoms with Crippen LogP contribution in [0.4, 0.5) is 10.1 Å². The first-order chi connectivity index (χ1) is 11.5. The molecule has 0 saturated carbocycles. The summed E-state index contributed by atoms with van der Waals surface area (Å²) >= 11 is 7.42. The molecule has 1 heterocycles. The van der Waals surface area contributed by atoms with Gasteiger partial charge in [-0.1, -0.05) is 29.8 Å². The van der Waals surface area contributed by atoms with Crippen molar-refractivity contribution < 1.29 is 9.18 Å². The quantitative estimate of drug-likeness (QED) is 0.704. The number of anilines is 1. The zero-order chi connectivity index (χ0) is 17.1. The van der Waals surface area contributed by atoms with Crippen LogP contribution in [0.3, 0.4) is 0 Å². The molecule has 6 heteroatoms. The summed E-state index contributed by atoms with van der Waals surface area (Å²) < 4.78 is 13.7. The van der Waals surface area contributed by atoms with Gasteiger partial charge in [-0.15, -0.1) is 11.3 Å². The van der Waals surface area contributed by atoms with Crippen LogP contribution in [0.25, 0.3) is 10.6 Å². The molecule has 1 amide bonds. The molecule has 0 atom stereocenters. The van der Waals surface area contributed by atoms with Gasteiger partial charge in [-0.05, 0) is 36.8 Å². The number of halogens is 2. The Kier molecular flexibility index (Phi) is 4.92. The molecule has 122 valence electrons. The average molecular weight is 361 g/mol. The molecule has 0 bridgehead atoms. The number of nitrogens with zero attached hydrogens (tertiary/aromatic N) is 1. The molecular formula is C18H14ClFN2OS. The molecule has 1 aromatic heterocycles. The summed E-state index contributed by atoms with van der Waals surface area (Å²) in [6.07, 6.45) is 0.0877. The zero-order valence-corrected chi connectivity index (χ0v) is 14.4. The molecule has 24 heavy (non-hydrogen) atoms. The Morgan fingerprint density at radius 1 is 1.29 bits per heavy atom. The topological polar surface area (TPSA) is 42.0 Å². The summed E-state index contributed by atoms with van der Waals surface area (Å²) in [6.45, 7) is 1.84. The van der Waals surface area contributed by atoms with E-state index in [1.807, 2.05) is 30.5 Å². The van der Waals surface area contributed by atoms with E-state index in [9.17, 15) is 9.18 Å². The summed E-state index contributed by atoms with van der Waals surface area (Å²) in [7, 11) is 0. The highest BCUT2D eigenvalue weighted by molar-refractivity contribution is 7.13. The van der Waals surface area contributed by atoms with Crippen LogP contribution in [-0.4, -0.2) is 10.9 Å². The van der Waals surface area contributed by atoms with Crippen molar-refractivity contribution in [3.63, 3.8) is 0 Å². The lowest BCUT2D eigenvalue weighted by Crippen LogP contribution is -2.15. The second kappa shape index (κ2) is 7.11. The Morgan fingerprint density at radius 3 is 2.92 bits per heavy atom. The van der Waals surface area contributed by atoms with Crippen LogP contribution < -0.4 is 5.32 Å². The molecular weight excluding hydrogens is 347 g/mol. The first-order valence-corrected chi connectivity index (χ1v) is 8.53. The second-order valence-electron chi connectivity index (χ2n) is 5.36. The molecule has 0 aliphatic heterocycles. The van der Waals surface area contributed by atoms with Crippen molar-refractivity contribution in [2.75, 3.05) is 5.32 Å². The van der Waals surface area contributed by atoms with Crippen LogP contribution in [-0.2, 0) is 11.2 Å². The van der Waals surface area contributed by atoms with Crippen molar-refractivity contribution >= 4 is 34.5 Å². The van der Waals surface area contributed by atoms with Gasteiger partial charge < -0.3 is 5.32 Å². The predicted molar refractivity (Wildman–Crippen MR) is 96.0 cm³/mol. The van der Waals surface area contributed by atoms with Gasteiger partial charge in [0.2, 0.25) is 5.91 Å². The number of nitrogens with one attached hydrogen (secondary N) is 1. The van der Waals surface area contributed by atoms with Crippen LogP contribution in [0.5, 0.6) is 0 Å². The SMILES string of the molecule is Cc1ccc(F)c(NC(=O)Cc2csc(-c3cccc(Cl)c3)n2)c1. The maximum Gasteiger partial charge on any atom is 0.230 e. The van der Waals surface area contributed by atoms with E-state index >= 15 is 0 Å². The number of amides is 1. The normalized spacial score (nSPS) is 10.6. The van der Waals surface area contributed by atoms with Crippen molar-refractivity contribution in [2.24, 2.45) is 0 Å². The fourth-order valence-electron chi connectivity index (χ4n) is 2.24. The molecule has 0 radical (unpaired) electrons. The fraction of sp³-hybridized carbons (Fsp3) is 0.111. The summed E-state index contributed by atoms with van der Waals surface area (Å²) in [5.74, 6) is -0.755. The monoisotopic (exact) mass is 360 g/mol. The van der Waals surface area contributed by atoms with Crippen LogP contribution >= 0.6 is 22.9 Å². The van der Waals surface area contributed by atoms with E-state index < -0.39 is 5.82 Å². The van der Waals surface area contributed by atoms with Crippen LogP contribution in [0.15, 0.2) is 47.8 Å². The van der Waals surface area contributed by atoms with E-state index in [1.165, 1.54) is 17.4 Å². The maximum absolute atomic E-state index is 13.7. The third kappa shape index (κ3) is 3.99. The lowest BCUT2D eigenvalue weighted by molar-refractivity contribution is -0.115. The van der Waals surface area contributed by atoms with Gasteiger partial charge in [-0.2, -0.15) is 0 Å². The molecule has 0 fully saturated rings. The van der Waals surface area contributed by atoms with E-state index in [1.54, 1.807) is 18.2 Å². The number of rotatable bonds is 4. The number of aromatic nitrogens is 1. The predicted octanol–water partition coefficient (Wildman–Crippen LogP) is 5.09. The highest BCUT2D eigenvalue weighted by Crippen LogP contribution is 2.26. The standard InChI is InChI=1S/C18H14ClFN2OS/c1-11-5-6-15(20)16(7-11)22-17(23)9-14-10-24-18(21-14)12-3-2-4-13(19)8-12/h2-8,10H,9H2,1H3,(H,22,23). The van der Waals surface area contributed by atoms with E-state index in [2.05, 4.69) is 10.3 Å². The Morgan fingerprint density at radius 2 is 2.12 bits per heavy atom. The highest BCUT2D eigenvalue weighted by atomic mass is 35.5. The molecule has 2 aromatic carbocycles. The fourth-order valence-corrected chi connectivity index (χ4v) is 3.24. The maximum atomic E-state index is 13.7. The Balaban J connectivity index is 1.70. The average Bonchev–Trinajstić information content (AvgIpc) is 2.99. The molecule has 0 unspecified atom stereocenters. The number of benzene rings is 2. The summed E-state index contributed by atoms with van der Waals surface area (Å²) in [6, 6.07) is 12.0. The first-order valence-electron chi connectivity index (χ1n) is 7.27. The lowest BCUT2D eigenvalue weighted by Gasteiger charge is -2.06. The lowest BCUT2D eigenvalue weighted by atomic mass is 10.2. The third-order valence-corrected chi connectivity index (χ3v) is 4.54. The van der Waals surface area contributed by atoms with Crippen LogP contribution in [0, 0.1) is 12.7 Å². The first kappa shape index (κ1) is 16.6. The van der Waals surface area contributed by atoms with Crippen molar-refractivity contribution in [1.82, 2.24) is 4.98 Å². The van der Waals surface area contributed by atoms with E-state index in [4.69, 9.17) is 11.6 Å². The molecule has 0 aliphatic rings. The minimum Gasteiger partial charge on any atom is -0.323 e. The summed E-state index contributed by atoms with van der Waals surface area (Å²) in [5.41, 5.74) is 2.61. The van der Waals surface area contributed by atoms with Gasteiger partial charge in [0.15, 0.2) is 0 Å². The Bertz CT molecular complexity index is 894. The minimum atomic E-state index is -0.452. The molecule has 0 spiro atoms. The molecule has 3 nitrogen and oxygen atoms in total. The second-order valence-corrected chi connectivity index (χ2v) is 6.66. The minimum absolute atomic E-state index is 0.0877. The number of hydrogen-bond donors (Lipinski definition) is 1. The summed E-state index contributed by atoms with van der Waals surface area (Å²) in [4.78, 5) is 16.6. The van der Waals surface area contributed by atoms with E-state index in [0.29, 0.717) is 10.7 Å². The molecule has 3 aromatic rings. The summed E-state index contributed by atoms with van der Waals surface area (Å²) in [5, 5.41) is 5.84. The van der Waals surface area contributed by atoms with Crippen molar-refractivity contribution in [3.8, 4) is 10.6 Å². The van der Waals surface area contributed by atoms with E-state index in [0.717, 1.165) is 16.1 Å². The number of carbonyl (C=O) groups is 1. The van der Waals surface area contributed by atoms with Crippen molar-refractivity contribution in [1.29, 1.82) is 0 Å².